The van der Waals surface area contributed by atoms with Crippen LogP contribution in [0.25, 0.3) is 0 Å². The Morgan fingerprint density at radius 2 is 1.34 bits per heavy atom. The quantitative estimate of drug-likeness (QED) is 0.640. The van der Waals surface area contributed by atoms with Crippen molar-refractivity contribution >= 4 is 27.5 Å². The highest BCUT2D eigenvalue weighted by atomic mass is 35.5. The first-order valence-electron chi connectivity index (χ1n) is 8.94. The number of aryl methyl sites for hydroxylation is 1. The molecule has 150 valence electrons. The van der Waals surface area contributed by atoms with Crippen LogP contribution in [0.5, 0.6) is 0 Å². The topological polar surface area (TPSA) is 80.5 Å². The van der Waals surface area contributed by atoms with Crippen molar-refractivity contribution in [2.24, 2.45) is 5.14 Å². The van der Waals surface area contributed by atoms with Gasteiger partial charge in [0.25, 0.3) is 5.91 Å². The summed E-state index contributed by atoms with van der Waals surface area (Å²) in [5.41, 5.74) is 3.40. The van der Waals surface area contributed by atoms with Crippen molar-refractivity contribution < 1.29 is 13.2 Å². The Kier molecular flexibility index (Phi) is 6.37. The second-order valence-corrected chi connectivity index (χ2v) is 8.84. The van der Waals surface area contributed by atoms with Gasteiger partial charge in [-0.1, -0.05) is 53.6 Å². The van der Waals surface area contributed by atoms with Crippen LogP contribution in [0.1, 0.15) is 27.0 Å². The largest absolute Gasteiger partial charge is 0.330 e. The van der Waals surface area contributed by atoms with E-state index in [0.717, 1.165) is 16.7 Å². The molecule has 0 aliphatic rings. The Labute approximate surface area is 175 Å². The van der Waals surface area contributed by atoms with E-state index in [2.05, 4.69) is 0 Å². The average Bonchev–Trinajstić information content (AvgIpc) is 2.69. The molecule has 0 spiro atoms. The molecule has 0 aromatic heterocycles. The highest BCUT2D eigenvalue weighted by molar-refractivity contribution is 7.89. The molecule has 0 atom stereocenters. The van der Waals surface area contributed by atoms with Crippen LogP contribution in [0.3, 0.4) is 0 Å². The van der Waals surface area contributed by atoms with Gasteiger partial charge in [0.2, 0.25) is 10.0 Å². The number of primary sulfonamides is 1. The monoisotopic (exact) mass is 428 g/mol. The number of carbonyl (C=O) groups is 1. The van der Waals surface area contributed by atoms with E-state index in [1.54, 1.807) is 41.3 Å². The molecule has 3 aromatic rings. The number of hydrogen-bond donors (Lipinski definition) is 1. The van der Waals surface area contributed by atoms with Crippen LogP contribution < -0.4 is 5.14 Å². The number of carbonyl (C=O) groups excluding carboxylic acids is 1. The maximum absolute atomic E-state index is 13.1. The fraction of sp³-hybridized carbons (Fsp3) is 0.136. The first-order valence-corrected chi connectivity index (χ1v) is 10.9. The number of amides is 1. The molecule has 7 heteroatoms. The minimum atomic E-state index is -3.76. The van der Waals surface area contributed by atoms with Crippen molar-refractivity contribution in [2.75, 3.05) is 0 Å². The van der Waals surface area contributed by atoms with Crippen molar-refractivity contribution in [3.05, 3.63) is 100 Å². The fourth-order valence-electron chi connectivity index (χ4n) is 2.89. The normalized spacial score (nSPS) is 11.3. The minimum absolute atomic E-state index is 0.0374. The third kappa shape index (κ3) is 5.67. The summed E-state index contributed by atoms with van der Waals surface area (Å²) in [6.07, 6.45) is 0. The Balaban J connectivity index is 1.88. The molecule has 5 nitrogen and oxygen atoms in total. The van der Waals surface area contributed by atoms with Crippen LogP contribution in [0.4, 0.5) is 0 Å². The van der Waals surface area contributed by atoms with Crippen molar-refractivity contribution in [1.82, 2.24) is 4.90 Å². The second kappa shape index (κ2) is 8.78. The highest BCUT2D eigenvalue weighted by Crippen LogP contribution is 2.18. The number of rotatable bonds is 6. The summed E-state index contributed by atoms with van der Waals surface area (Å²) in [4.78, 5) is 14.9. The zero-order chi connectivity index (χ0) is 21.0. The van der Waals surface area contributed by atoms with Crippen LogP contribution in [0, 0.1) is 6.92 Å². The van der Waals surface area contributed by atoms with Crippen LogP contribution in [-0.2, 0) is 23.1 Å². The van der Waals surface area contributed by atoms with Crippen LogP contribution >= 0.6 is 11.6 Å². The van der Waals surface area contributed by atoms with Crippen LogP contribution in [0.2, 0.25) is 5.02 Å². The number of benzene rings is 3. The zero-order valence-corrected chi connectivity index (χ0v) is 17.5. The molecule has 2 N–H and O–H groups in total. The van der Waals surface area contributed by atoms with Crippen molar-refractivity contribution in [2.45, 2.75) is 24.9 Å². The van der Waals surface area contributed by atoms with Crippen LogP contribution in [-0.4, -0.2) is 19.2 Å². The van der Waals surface area contributed by atoms with Gasteiger partial charge in [0, 0.05) is 23.7 Å². The number of nitrogens with two attached hydrogens (primary N) is 1. The lowest BCUT2D eigenvalue weighted by atomic mass is 10.1. The van der Waals surface area contributed by atoms with Gasteiger partial charge in [0.05, 0.1) is 4.90 Å². The molecule has 0 unspecified atom stereocenters. The molecule has 0 aliphatic heterocycles. The van der Waals surface area contributed by atoms with E-state index in [-0.39, 0.29) is 10.8 Å². The Morgan fingerprint density at radius 1 is 0.862 bits per heavy atom. The molecule has 0 radical (unpaired) electrons. The van der Waals surface area contributed by atoms with E-state index >= 15 is 0 Å². The summed E-state index contributed by atoms with van der Waals surface area (Å²) < 4.78 is 22.9. The molecule has 3 aromatic carbocycles. The molecule has 0 aliphatic carbocycles. The van der Waals surface area contributed by atoms with E-state index in [9.17, 15) is 13.2 Å². The van der Waals surface area contributed by atoms with E-state index < -0.39 is 10.0 Å². The van der Waals surface area contributed by atoms with E-state index in [1.165, 1.54) is 12.1 Å². The third-order valence-electron chi connectivity index (χ3n) is 4.50. The SMILES string of the molecule is Cc1ccc(C(=O)N(Cc2ccc(Cl)cc2)Cc2ccc(S(N)(=O)=O)cc2)cc1. The molecular weight excluding hydrogens is 408 g/mol. The summed E-state index contributed by atoms with van der Waals surface area (Å²) in [6.45, 7) is 2.67. The zero-order valence-electron chi connectivity index (χ0n) is 15.9. The van der Waals surface area contributed by atoms with Crippen LogP contribution in [0.15, 0.2) is 77.7 Å². The maximum Gasteiger partial charge on any atom is 0.254 e. The smallest absolute Gasteiger partial charge is 0.254 e. The number of sulfonamides is 1. The molecule has 0 saturated heterocycles. The first-order chi connectivity index (χ1) is 13.7. The van der Waals surface area contributed by atoms with Gasteiger partial charge in [-0.25, -0.2) is 13.6 Å². The predicted molar refractivity (Wildman–Crippen MR) is 114 cm³/mol. The molecule has 0 heterocycles. The number of halogens is 1. The average molecular weight is 429 g/mol. The molecule has 1 amide bonds. The maximum atomic E-state index is 13.1. The van der Waals surface area contributed by atoms with Gasteiger partial charge >= 0.3 is 0 Å². The number of hydrogen-bond acceptors (Lipinski definition) is 3. The molecule has 0 saturated carbocycles. The Bertz CT molecular complexity index is 1090. The van der Waals surface area contributed by atoms with Gasteiger partial charge in [0.15, 0.2) is 0 Å². The molecule has 29 heavy (non-hydrogen) atoms. The molecule has 0 bridgehead atoms. The standard InChI is InChI=1S/C22H21ClN2O3S/c1-16-2-8-19(9-3-16)22(26)25(14-17-4-10-20(23)11-5-17)15-18-6-12-21(13-7-18)29(24,27)28/h2-13H,14-15H2,1H3,(H2,24,27,28). The van der Waals surface area contributed by atoms with Gasteiger partial charge in [-0.05, 0) is 54.4 Å². The lowest BCUT2D eigenvalue weighted by Crippen LogP contribution is -2.30. The Morgan fingerprint density at radius 3 is 1.83 bits per heavy atom. The molecule has 3 rings (SSSR count). The third-order valence-corrected chi connectivity index (χ3v) is 5.68. The fourth-order valence-corrected chi connectivity index (χ4v) is 3.53. The summed E-state index contributed by atoms with van der Waals surface area (Å²) >= 11 is 5.96. The lowest BCUT2D eigenvalue weighted by Gasteiger charge is -2.23. The minimum Gasteiger partial charge on any atom is -0.330 e. The first kappa shape index (κ1) is 21.0. The van der Waals surface area contributed by atoms with Crippen molar-refractivity contribution in [3.8, 4) is 0 Å². The van der Waals surface area contributed by atoms with Gasteiger partial charge < -0.3 is 4.90 Å². The second-order valence-electron chi connectivity index (χ2n) is 6.84. The Hall–Kier alpha value is -2.67. The van der Waals surface area contributed by atoms with Gasteiger partial charge in [0.1, 0.15) is 0 Å². The van der Waals surface area contributed by atoms with E-state index in [1.807, 2.05) is 31.2 Å². The summed E-state index contributed by atoms with van der Waals surface area (Å²) in [5.74, 6) is -0.115. The lowest BCUT2D eigenvalue weighted by molar-refractivity contribution is 0.0730. The number of nitrogens with zero attached hydrogens (tertiary/aromatic N) is 1. The molecular formula is C22H21ClN2O3S. The van der Waals surface area contributed by atoms with Crippen molar-refractivity contribution in [1.29, 1.82) is 0 Å². The van der Waals surface area contributed by atoms with E-state index in [4.69, 9.17) is 16.7 Å². The summed E-state index contributed by atoms with van der Waals surface area (Å²) in [5, 5.41) is 5.78. The summed E-state index contributed by atoms with van der Waals surface area (Å²) in [7, 11) is -3.76. The van der Waals surface area contributed by atoms with Crippen molar-refractivity contribution in [3.63, 3.8) is 0 Å². The van der Waals surface area contributed by atoms with E-state index in [0.29, 0.717) is 23.7 Å². The predicted octanol–water partition coefficient (Wildman–Crippen LogP) is 4.14. The summed E-state index contributed by atoms with van der Waals surface area (Å²) in [6, 6.07) is 20.9. The van der Waals surface area contributed by atoms with Gasteiger partial charge in [-0.2, -0.15) is 0 Å². The molecule has 0 fully saturated rings. The van der Waals surface area contributed by atoms with Gasteiger partial charge in [-0.3, -0.25) is 4.79 Å². The highest BCUT2D eigenvalue weighted by Gasteiger charge is 2.17. The van der Waals surface area contributed by atoms with Gasteiger partial charge in [-0.15, -0.1) is 0 Å².